The molecule has 0 aliphatic carbocycles. The van der Waals surface area contributed by atoms with Crippen molar-refractivity contribution in [1.29, 1.82) is 0 Å². The topological polar surface area (TPSA) is 498 Å². The molecular weight excluding hydrogens is 1830 g/mol. The molecule has 6 atom stereocenters. The molecule has 9 aromatic heterocycles. The Kier molecular flexibility index (Phi) is 32.6. The molecule has 0 saturated carbocycles. The maximum Gasteiger partial charge on any atom is 2.00 e. The van der Waals surface area contributed by atoms with Crippen molar-refractivity contribution in [2.24, 2.45) is 0 Å². The maximum absolute atomic E-state index is 12.7. The number of carboxylic acid groups (broad SMARTS) is 9. The van der Waals surface area contributed by atoms with Gasteiger partial charge in [0.15, 0.2) is 0 Å². The molecule has 6 aliphatic heterocycles. The number of rotatable bonds is 24. The fourth-order valence-corrected chi connectivity index (χ4v) is 19.1. The van der Waals surface area contributed by atoms with Gasteiger partial charge in [0.2, 0.25) is 0 Å². The van der Waals surface area contributed by atoms with E-state index < -0.39 is 90.7 Å². The monoisotopic (exact) mass is 1930 g/mol. The third kappa shape index (κ3) is 20.4. The zero-order chi connectivity index (χ0) is 96.1. The number of hydrogen-bond acceptors (Lipinski definition) is 15. The molecular formula is C102H102FeMgN12O18Zn. The largest absolute Gasteiger partial charge is 2.00 e. The normalized spacial score (nSPS) is 15.9. The molecule has 9 aromatic rings. The van der Waals surface area contributed by atoms with Crippen LogP contribution in [-0.4, -0.2) is 153 Å². The molecule has 15 heterocycles. The van der Waals surface area contributed by atoms with Crippen LogP contribution in [0.1, 0.15) is 322 Å². The fourth-order valence-electron chi connectivity index (χ4n) is 19.1. The van der Waals surface area contributed by atoms with E-state index in [1.54, 1.807) is 57.2 Å². The van der Waals surface area contributed by atoms with Gasteiger partial charge in [-0.3, -0.25) is 43.7 Å². The number of aryl methyl sites for hydroxylation is 6. The third-order valence-corrected chi connectivity index (χ3v) is 26.4. The summed E-state index contributed by atoms with van der Waals surface area (Å²) in [6, 6.07) is 16.5. The fraction of sp³-hybridized carbons (Fsp3) is 0.324. The Morgan fingerprint density at radius 3 is 0.748 bits per heavy atom. The Morgan fingerprint density at radius 2 is 0.548 bits per heavy atom. The number of aliphatic carboxylic acids is 6. The second kappa shape index (κ2) is 42.2. The summed E-state index contributed by atoms with van der Waals surface area (Å²) in [5, 5.41) is 89.5. The summed E-state index contributed by atoms with van der Waals surface area (Å²) in [6.07, 6.45) is 5.70. The van der Waals surface area contributed by atoms with Gasteiger partial charge in [0, 0.05) is 106 Å². The minimum absolute atomic E-state index is 0. The molecule has 135 heavy (non-hydrogen) atoms. The Morgan fingerprint density at radius 1 is 0.326 bits per heavy atom. The van der Waals surface area contributed by atoms with E-state index in [9.17, 15) is 89.1 Å². The van der Waals surface area contributed by atoms with Gasteiger partial charge < -0.3 is 75.9 Å². The van der Waals surface area contributed by atoms with E-state index in [1.807, 2.05) is 119 Å². The van der Waals surface area contributed by atoms with Crippen LogP contribution in [0.4, 0.5) is 0 Å². The predicted molar refractivity (Wildman–Crippen MR) is 509 cm³/mol. The van der Waals surface area contributed by atoms with Crippen LogP contribution < -0.4 is 29.9 Å². The molecule has 0 spiro atoms. The first-order chi connectivity index (χ1) is 62.6. The molecule has 690 valence electrons. The number of nitrogens with zero attached hydrogens (tertiary/aromatic N) is 12. The summed E-state index contributed by atoms with van der Waals surface area (Å²) in [6.45, 7) is 40.5. The Hall–Kier alpha value is -13.1. The number of aromatic nitrogens is 12. The van der Waals surface area contributed by atoms with Crippen LogP contribution in [0.5, 0.6) is 0 Å². The molecule has 33 heteroatoms. The molecule has 24 bridgehead atoms. The van der Waals surface area contributed by atoms with E-state index in [2.05, 4.69) is 19.7 Å². The van der Waals surface area contributed by atoms with Crippen molar-refractivity contribution in [2.45, 2.75) is 216 Å². The molecule has 3 unspecified atom stereocenters. The molecule has 0 radical (unpaired) electrons. The molecule has 6 aliphatic rings. The summed E-state index contributed by atoms with van der Waals surface area (Å²) in [5.74, 6) is -12.6. The van der Waals surface area contributed by atoms with Crippen LogP contribution in [0.25, 0.3) is 118 Å². The van der Waals surface area contributed by atoms with Gasteiger partial charge in [-0.05, 0) is 168 Å². The van der Waals surface area contributed by atoms with Crippen molar-refractivity contribution in [3.05, 3.63) is 226 Å². The quantitative estimate of drug-likeness (QED) is 0.0254. The smallest absolute Gasteiger partial charge is 0.657 e. The number of carbonyl (C=O) groups is 9. The predicted octanol–water partition coefficient (Wildman–Crippen LogP) is 18.4. The van der Waals surface area contributed by atoms with Gasteiger partial charge >= 0.3 is 113 Å². The van der Waals surface area contributed by atoms with E-state index in [4.69, 9.17) is 59.8 Å². The summed E-state index contributed by atoms with van der Waals surface area (Å²) < 4.78 is 0. The molecule has 0 amide bonds. The number of hydrogen-bond donors (Lipinski definition) is 9. The first-order valence-corrected chi connectivity index (χ1v) is 43.6. The van der Waals surface area contributed by atoms with E-state index in [0.29, 0.717) is 137 Å². The second-order valence-electron chi connectivity index (χ2n) is 34.0. The minimum Gasteiger partial charge on any atom is -0.657 e. The molecule has 15 rings (SSSR count). The average Bonchev–Trinajstić information content (AvgIpc) is 1.61. The Balaban J connectivity index is 0.000000207. The van der Waals surface area contributed by atoms with E-state index >= 15 is 0 Å². The van der Waals surface area contributed by atoms with Crippen molar-refractivity contribution in [1.82, 2.24) is 59.8 Å². The number of carboxylic acids is 9. The van der Waals surface area contributed by atoms with E-state index in [0.717, 1.165) is 83.9 Å². The minimum atomic E-state index is -1.24. The van der Waals surface area contributed by atoms with Crippen molar-refractivity contribution in [2.75, 3.05) is 0 Å². The number of allylic oxidation sites excluding steroid dienone is 6. The van der Waals surface area contributed by atoms with Gasteiger partial charge in [-0.2, -0.15) is 0 Å². The summed E-state index contributed by atoms with van der Waals surface area (Å²) in [5.41, 5.74) is 24.5. The SMILES string of the molecule is C=Cc1c(C)c2cc3nc(c(CC(=O)O)c4[n-]c(cc5nc(cc1[n-]2)C(C)=C5CC)c(C)c4C(=O)O)C(CCC(=O)O)[C@@H]3C.C=Cc1c(C)c2cc3nc(c(CC(=O)O)c4[n-]c(cc5nc(cc1[n-]2)C(C)=C5CC)c(C)c4C(=O)O)C(CCC(=O)O)[C@@H]3C.C=Cc1c(C)c2cc3nc(c(CC(=O)O)c4[n-]c(cc5nc(cc1[n-]2)C(C)=C5CC)c(C)c4C(=O)O)C(CCC(=O)O)[C@@H]3C.[Fe+2].[Mg+2].[Zn+2]. The van der Waals surface area contributed by atoms with E-state index in [-0.39, 0.29) is 166 Å². The second-order valence-corrected chi connectivity index (χ2v) is 34.0. The Bertz CT molecular complexity index is 6530. The molecule has 9 N–H and O–H groups in total. The van der Waals surface area contributed by atoms with Gasteiger partial charge in [0.05, 0.1) is 53.4 Å². The van der Waals surface area contributed by atoms with Gasteiger partial charge in [-0.15, -0.1) is 66.2 Å². The summed E-state index contributed by atoms with van der Waals surface area (Å²) >= 11 is 0. The van der Waals surface area contributed by atoms with Gasteiger partial charge in [0.1, 0.15) is 0 Å². The van der Waals surface area contributed by atoms with Crippen LogP contribution in [0.2, 0.25) is 0 Å². The van der Waals surface area contributed by atoms with Gasteiger partial charge in [-0.25, -0.2) is 29.3 Å². The maximum atomic E-state index is 12.7. The van der Waals surface area contributed by atoms with E-state index in [1.165, 1.54) is 0 Å². The van der Waals surface area contributed by atoms with Crippen molar-refractivity contribution in [3.8, 4) is 0 Å². The molecule has 30 nitrogen and oxygen atoms in total. The number of aromatic carboxylic acids is 3. The van der Waals surface area contributed by atoms with Gasteiger partial charge in [0.25, 0.3) is 0 Å². The van der Waals surface area contributed by atoms with Crippen LogP contribution in [-0.2, 0) is 84.6 Å². The standard InChI is InChI=1S/3C34H36N4O6.Fe.Mg.Zn/c3*1-7-19-15(3)23-12-25-17(5)21(9-10-29(39)40)32(37-25)22(11-30(41)42)33-31(34(43)44)18(6)26(38-33)14-28-20(8-2)16(4)24(36-28)13-27(19)35-23;;;/h3*7,12-14,17,21H,1,8-11H2,2-6H3,(H5,35,36,37,38,39,40,41,42,43,44);;;/q;;;3*+2/p-6/t3*17-,21?;;;/m000.../s1. The van der Waals surface area contributed by atoms with Crippen LogP contribution in [0, 0.1) is 41.5 Å². The summed E-state index contributed by atoms with van der Waals surface area (Å²) in [7, 11) is 0. The average molecular weight is 1930 g/mol. The molecule has 0 fully saturated rings. The number of fused-ring (bicyclic) bond motifs is 24. The zero-order valence-corrected chi connectivity index (χ0v) is 83.3. The molecule has 0 aromatic carbocycles. The van der Waals surface area contributed by atoms with Crippen LogP contribution in [0.15, 0.2) is 74.3 Å². The molecule has 0 saturated heterocycles. The van der Waals surface area contributed by atoms with Crippen molar-refractivity contribution in [3.63, 3.8) is 0 Å². The first kappa shape index (κ1) is 104. The third-order valence-electron chi connectivity index (χ3n) is 26.4. The first-order valence-electron chi connectivity index (χ1n) is 43.6. The van der Waals surface area contributed by atoms with Crippen molar-refractivity contribution < 1.29 is 126 Å². The Labute approximate surface area is 816 Å². The van der Waals surface area contributed by atoms with Crippen molar-refractivity contribution >= 4 is 195 Å². The van der Waals surface area contributed by atoms with Crippen LogP contribution >= 0.6 is 0 Å². The van der Waals surface area contributed by atoms with Gasteiger partial charge in [-0.1, -0.05) is 167 Å². The zero-order valence-electron chi connectivity index (χ0n) is 77.8. The van der Waals surface area contributed by atoms with Crippen LogP contribution in [0.3, 0.4) is 0 Å². The summed E-state index contributed by atoms with van der Waals surface area (Å²) in [4.78, 5) is 168.